The normalized spacial score (nSPS) is 13.7. The molecule has 0 atom stereocenters. The number of hydrogen-bond donors (Lipinski definition) is 1. The third-order valence-corrected chi connectivity index (χ3v) is 4.06. The number of pyridine rings is 1. The Bertz CT molecular complexity index is 848. The average Bonchev–Trinajstić information content (AvgIpc) is 3.05. The first-order valence-electron chi connectivity index (χ1n) is 7.46. The van der Waals surface area contributed by atoms with Crippen molar-refractivity contribution in [3.63, 3.8) is 0 Å². The monoisotopic (exact) mass is 291 g/mol. The average molecular weight is 291 g/mol. The molecular weight excluding hydrogens is 274 g/mol. The van der Waals surface area contributed by atoms with Gasteiger partial charge in [-0.2, -0.15) is 0 Å². The van der Waals surface area contributed by atoms with Crippen LogP contribution in [0.4, 0.5) is 5.69 Å². The second-order valence-electron chi connectivity index (χ2n) is 5.38. The molecule has 0 fully saturated rings. The number of nitrogens with one attached hydrogen (secondary N) is 1. The Hall–Kier alpha value is -2.75. The fourth-order valence-electron chi connectivity index (χ4n) is 3.06. The Labute approximate surface area is 129 Å². The molecule has 1 aromatic carbocycles. The molecule has 1 aliphatic rings. The van der Waals surface area contributed by atoms with Gasteiger partial charge in [-0.15, -0.1) is 0 Å². The molecule has 0 amide bonds. The molecule has 0 bridgehead atoms. The molecule has 4 nitrogen and oxygen atoms in total. The third-order valence-electron chi connectivity index (χ3n) is 4.06. The minimum absolute atomic E-state index is 0.563. The van der Waals surface area contributed by atoms with E-state index in [1.54, 1.807) is 0 Å². The number of rotatable bonds is 3. The van der Waals surface area contributed by atoms with E-state index in [4.69, 9.17) is 10.1 Å². The second-order valence-corrected chi connectivity index (χ2v) is 5.38. The molecule has 0 saturated carbocycles. The number of nitrogens with zero attached hydrogens (tertiary/aromatic N) is 2. The predicted octanol–water partition coefficient (Wildman–Crippen LogP) is 3.68. The Morgan fingerprint density at radius 3 is 2.73 bits per heavy atom. The molecule has 110 valence electrons. The highest BCUT2D eigenvalue weighted by Crippen LogP contribution is 2.32. The maximum atomic E-state index is 8.54. The van der Waals surface area contributed by atoms with Crippen LogP contribution in [0.3, 0.4) is 0 Å². The van der Waals surface area contributed by atoms with Crippen molar-refractivity contribution in [2.45, 2.75) is 13.5 Å². The molecule has 1 N–H and O–H groups in total. The zero-order valence-electron chi connectivity index (χ0n) is 12.4. The molecule has 0 aliphatic carbocycles. The Morgan fingerprint density at radius 2 is 1.95 bits per heavy atom. The highest BCUT2D eigenvalue weighted by molar-refractivity contribution is 6.16. The lowest BCUT2D eigenvalue weighted by molar-refractivity contribution is 0.340. The van der Waals surface area contributed by atoms with Crippen LogP contribution < -0.4 is 9.64 Å². The van der Waals surface area contributed by atoms with E-state index in [1.165, 1.54) is 5.56 Å². The van der Waals surface area contributed by atoms with E-state index in [2.05, 4.69) is 16.7 Å². The van der Waals surface area contributed by atoms with Gasteiger partial charge < -0.3 is 14.0 Å². The number of hydrogen-bond acceptors (Lipinski definition) is 2. The van der Waals surface area contributed by atoms with Crippen molar-refractivity contribution >= 4 is 17.0 Å². The van der Waals surface area contributed by atoms with Crippen molar-refractivity contribution in [2.75, 3.05) is 11.5 Å². The summed E-state index contributed by atoms with van der Waals surface area (Å²) in [6.45, 7) is 3.38. The molecule has 22 heavy (non-hydrogen) atoms. The molecule has 0 unspecified atom stereocenters. The number of fused-ring (bicyclic) bond motifs is 3. The first-order chi connectivity index (χ1) is 10.8. The number of amidine groups is 1. The molecule has 2 aromatic heterocycles. The van der Waals surface area contributed by atoms with Crippen LogP contribution in [-0.4, -0.2) is 16.8 Å². The number of ether oxygens (including phenoxy) is 1. The molecular formula is C18H17N3O. The minimum atomic E-state index is 0.563. The van der Waals surface area contributed by atoms with E-state index in [9.17, 15) is 0 Å². The van der Waals surface area contributed by atoms with Gasteiger partial charge in [-0.3, -0.25) is 5.41 Å². The lowest BCUT2D eigenvalue weighted by Gasteiger charge is -2.19. The number of aromatic nitrogens is 1. The molecule has 3 heterocycles. The van der Waals surface area contributed by atoms with Crippen molar-refractivity contribution in [3.05, 3.63) is 66.0 Å². The topological polar surface area (TPSA) is 40.7 Å². The minimum Gasteiger partial charge on any atom is -0.494 e. The Morgan fingerprint density at radius 1 is 1.14 bits per heavy atom. The van der Waals surface area contributed by atoms with Crippen LogP contribution in [0.5, 0.6) is 5.75 Å². The first kappa shape index (κ1) is 13.0. The van der Waals surface area contributed by atoms with Crippen LogP contribution in [0.15, 0.2) is 54.9 Å². The van der Waals surface area contributed by atoms with Gasteiger partial charge in [-0.25, -0.2) is 0 Å². The quantitative estimate of drug-likeness (QED) is 0.799. The van der Waals surface area contributed by atoms with Gasteiger partial charge in [0.25, 0.3) is 0 Å². The van der Waals surface area contributed by atoms with Gasteiger partial charge >= 0.3 is 0 Å². The van der Waals surface area contributed by atoms with Crippen molar-refractivity contribution in [1.29, 1.82) is 5.41 Å². The molecule has 0 radical (unpaired) electrons. The standard InChI is InChI=1S/C18H17N3O/c1-2-22-15-8-6-14(7-9-15)21-12-13-11-20-10-4-3-5-16(20)17(13)18(21)19/h3-11,19H,2,12H2,1H3. The summed E-state index contributed by atoms with van der Waals surface area (Å²) in [5.74, 6) is 1.43. The van der Waals surface area contributed by atoms with Crippen LogP contribution in [0.1, 0.15) is 18.1 Å². The largest absolute Gasteiger partial charge is 0.494 e. The van der Waals surface area contributed by atoms with Gasteiger partial charge in [0.2, 0.25) is 0 Å². The summed E-state index contributed by atoms with van der Waals surface area (Å²) in [6, 6.07) is 14.0. The van der Waals surface area contributed by atoms with Gasteiger partial charge in [0.1, 0.15) is 11.6 Å². The van der Waals surface area contributed by atoms with E-state index in [-0.39, 0.29) is 0 Å². The predicted molar refractivity (Wildman–Crippen MR) is 88.0 cm³/mol. The smallest absolute Gasteiger partial charge is 0.135 e. The van der Waals surface area contributed by atoms with E-state index >= 15 is 0 Å². The molecule has 4 rings (SSSR count). The first-order valence-corrected chi connectivity index (χ1v) is 7.46. The number of benzene rings is 1. The van der Waals surface area contributed by atoms with E-state index in [1.807, 2.05) is 54.4 Å². The molecule has 0 saturated heterocycles. The van der Waals surface area contributed by atoms with Gasteiger partial charge in [0.05, 0.1) is 18.7 Å². The van der Waals surface area contributed by atoms with Crippen molar-refractivity contribution in [1.82, 2.24) is 4.40 Å². The van der Waals surface area contributed by atoms with Crippen LogP contribution >= 0.6 is 0 Å². The summed E-state index contributed by atoms with van der Waals surface area (Å²) >= 11 is 0. The van der Waals surface area contributed by atoms with Gasteiger partial charge in [0, 0.05) is 29.2 Å². The lowest BCUT2D eigenvalue weighted by atomic mass is 10.2. The zero-order valence-corrected chi connectivity index (χ0v) is 12.4. The summed E-state index contributed by atoms with van der Waals surface area (Å²) in [6.07, 6.45) is 4.15. The van der Waals surface area contributed by atoms with Gasteiger partial charge in [0.15, 0.2) is 0 Å². The summed E-state index contributed by atoms with van der Waals surface area (Å²) in [7, 11) is 0. The molecule has 0 spiro atoms. The van der Waals surface area contributed by atoms with Crippen LogP contribution in [-0.2, 0) is 6.54 Å². The fourth-order valence-corrected chi connectivity index (χ4v) is 3.06. The summed E-state index contributed by atoms with van der Waals surface area (Å²) in [4.78, 5) is 2.04. The number of anilines is 1. The van der Waals surface area contributed by atoms with Crippen molar-refractivity contribution in [3.8, 4) is 5.75 Å². The molecule has 4 heteroatoms. The van der Waals surface area contributed by atoms with Crippen LogP contribution in [0, 0.1) is 5.41 Å². The Balaban J connectivity index is 1.69. The van der Waals surface area contributed by atoms with E-state index in [0.29, 0.717) is 12.4 Å². The van der Waals surface area contributed by atoms with Gasteiger partial charge in [-0.1, -0.05) is 6.07 Å². The zero-order chi connectivity index (χ0) is 15.1. The van der Waals surface area contributed by atoms with E-state index < -0.39 is 0 Å². The molecule has 1 aliphatic heterocycles. The SMILES string of the molecule is CCOc1ccc(N2Cc3cn4ccccc4c3C2=N)cc1. The fraction of sp³-hybridized carbons (Fsp3) is 0.167. The third kappa shape index (κ3) is 1.88. The maximum absolute atomic E-state index is 8.54. The second kappa shape index (κ2) is 4.91. The van der Waals surface area contributed by atoms with Crippen LogP contribution in [0.25, 0.3) is 5.52 Å². The van der Waals surface area contributed by atoms with Crippen molar-refractivity contribution in [2.24, 2.45) is 0 Å². The van der Waals surface area contributed by atoms with Crippen LogP contribution in [0.2, 0.25) is 0 Å². The van der Waals surface area contributed by atoms with E-state index in [0.717, 1.165) is 29.1 Å². The highest BCUT2D eigenvalue weighted by Gasteiger charge is 2.28. The molecule has 3 aromatic rings. The summed E-state index contributed by atoms with van der Waals surface area (Å²) < 4.78 is 7.57. The highest BCUT2D eigenvalue weighted by atomic mass is 16.5. The summed E-state index contributed by atoms with van der Waals surface area (Å²) in [5.41, 5.74) is 4.36. The lowest BCUT2D eigenvalue weighted by Crippen LogP contribution is -2.23. The summed E-state index contributed by atoms with van der Waals surface area (Å²) in [5, 5.41) is 8.54. The maximum Gasteiger partial charge on any atom is 0.135 e. The van der Waals surface area contributed by atoms with Gasteiger partial charge in [-0.05, 0) is 43.3 Å². The Kier molecular flexibility index (Phi) is 2.89. The van der Waals surface area contributed by atoms with Crippen molar-refractivity contribution < 1.29 is 4.74 Å².